The third kappa shape index (κ3) is 2.90. The molecule has 0 radical (unpaired) electrons. The fourth-order valence-corrected chi connectivity index (χ4v) is 4.66. The van der Waals surface area contributed by atoms with Crippen LogP contribution in [0.3, 0.4) is 0 Å². The van der Waals surface area contributed by atoms with Gasteiger partial charge in [-0.1, -0.05) is 0 Å². The number of nitrogens with one attached hydrogen (secondary N) is 2. The minimum atomic E-state index is -1.06. The third-order valence-electron chi connectivity index (χ3n) is 5.00. The number of nitrogens with zero attached hydrogens (tertiary/aromatic N) is 2. The highest BCUT2D eigenvalue weighted by molar-refractivity contribution is 8.02. The summed E-state index contributed by atoms with van der Waals surface area (Å²) < 4.78 is 0. The molecule has 0 aliphatic carbocycles. The van der Waals surface area contributed by atoms with Crippen molar-refractivity contribution >= 4 is 39.5 Å². The molecule has 0 amide bonds. The van der Waals surface area contributed by atoms with Crippen molar-refractivity contribution in [1.82, 2.24) is 14.9 Å². The lowest BCUT2D eigenvalue weighted by atomic mass is 10.1. The van der Waals surface area contributed by atoms with Gasteiger partial charge in [0, 0.05) is 23.3 Å². The van der Waals surface area contributed by atoms with E-state index in [0.717, 1.165) is 28.5 Å². The lowest BCUT2D eigenvalue weighted by Crippen LogP contribution is -3.06. The summed E-state index contributed by atoms with van der Waals surface area (Å²) in [4.78, 5) is 22.9. The van der Waals surface area contributed by atoms with Crippen molar-refractivity contribution in [2.45, 2.75) is 6.42 Å². The Morgan fingerprint density at radius 1 is 1.37 bits per heavy atom. The smallest absolute Gasteiger partial charge is 0.354 e. The number of benzene rings is 1. The van der Waals surface area contributed by atoms with Gasteiger partial charge in [-0.25, -0.2) is 9.78 Å². The molecule has 0 spiro atoms. The maximum absolute atomic E-state index is 11.6. The Bertz CT molecular complexity index is 1110. The number of carbonyl (C=O) groups is 1. The number of hydrogen-bond donors (Lipinski definition) is 4. The normalized spacial score (nSPS) is 17.4. The number of carboxylic acids is 1. The van der Waals surface area contributed by atoms with Crippen LogP contribution in [-0.4, -0.2) is 58.1 Å². The molecule has 1 aliphatic rings. The molecule has 0 fully saturated rings. The van der Waals surface area contributed by atoms with Crippen LogP contribution in [0.5, 0.6) is 5.75 Å². The zero-order chi connectivity index (χ0) is 19.3. The summed E-state index contributed by atoms with van der Waals surface area (Å²) in [5.74, 6) is -0.913. The number of carboxylic acid groups (broad SMARTS) is 1. The van der Waals surface area contributed by atoms with Gasteiger partial charge in [0.1, 0.15) is 22.2 Å². The molecule has 8 heteroatoms. The number of allylic oxidation sites excluding steroid dienone is 1. The van der Waals surface area contributed by atoms with E-state index in [4.69, 9.17) is 0 Å². The van der Waals surface area contributed by atoms with Crippen LogP contribution in [0.15, 0.2) is 35.0 Å². The maximum Gasteiger partial charge on any atom is 0.354 e. The van der Waals surface area contributed by atoms with E-state index in [-0.39, 0.29) is 11.4 Å². The summed E-state index contributed by atoms with van der Waals surface area (Å²) in [7, 11) is 4.17. The van der Waals surface area contributed by atoms with Gasteiger partial charge in [0.05, 0.1) is 24.7 Å². The predicted molar refractivity (Wildman–Crippen MR) is 106 cm³/mol. The number of aromatic carboxylic acids is 1. The van der Waals surface area contributed by atoms with Crippen LogP contribution in [0, 0.1) is 0 Å². The molecule has 27 heavy (non-hydrogen) atoms. The SMILES string of the molecule is CSC1=C(Cc2nc(C(=O)O)cc3c2[nH]c2ccc(O)cc23)[NH+](C)CN1C. The second kappa shape index (κ2) is 6.47. The van der Waals surface area contributed by atoms with Crippen LogP contribution in [0.2, 0.25) is 0 Å². The molecule has 4 N–H and O–H groups in total. The fourth-order valence-electron chi connectivity index (χ4n) is 3.79. The highest BCUT2D eigenvalue weighted by Gasteiger charge is 2.30. The second-order valence-electron chi connectivity index (χ2n) is 6.84. The van der Waals surface area contributed by atoms with Gasteiger partial charge in [-0.05, 0) is 30.5 Å². The third-order valence-corrected chi connectivity index (χ3v) is 5.94. The maximum atomic E-state index is 11.6. The average Bonchev–Trinajstić information content (AvgIpc) is 3.11. The number of phenolic OH excluding ortho intramolecular Hbond substituents is 1. The van der Waals surface area contributed by atoms with Crippen LogP contribution in [0.1, 0.15) is 16.2 Å². The summed E-state index contributed by atoms with van der Waals surface area (Å²) in [6.45, 7) is 0.869. The summed E-state index contributed by atoms with van der Waals surface area (Å²) >= 11 is 1.69. The number of rotatable bonds is 4. The topological polar surface area (TPSA) is 93.9 Å². The van der Waals surface area contributed by atoms with Crippen molar-refractivity contribution in [3.63, 3.8) is 0 Å². The van der Waals surface area contributed by atoms with Gasteiger partial charge >= 0.3 is 5.97 Å². The van der Waals surface area contributed by atoms with E-state index in [9.17, 15) is 15.0 Å². The van der Waals surface area contributed by atoms with Gasteiger partial charge in [-0.3, -0.25) is 4.90 Å². The molecule has 0 saturated carbocycles. The number of likely N-dealkylation sites (N-methyl/N-ethyl adjacent to an activating group) is 1. The van der Waals surface area contributed by atoms with Crippen LogP contribution < -0.4 is 4.90 Å². The monoisotopic (exact) mass is 385 g/mol. The minimum Gasteiger partial charge on any atom is -0.508 e. The van der Waals surface area contributed by atoms with Crippen molar-refractivity contribution in [3.05, 3.63) is 46.4 Å². The fraction of sp³-hybridized carbons (Fsp3) is 0.263. The molecular weight excluding hydrogens is 364 g/mol. The summed E-state index contributed by atoms with van der Waals surface area (Å²) in [5.41, 5.74) is 3.57. The summed E-state index contributed by atoms with van der Waals surface area (Å²) in [5, 5.41) is 22.1. The minimum absolute atomic E-state index is 0.0112. The quantitative estimate of drug-likeness (QED) is 0.545. The van der Waals surface area contributed by atoms with Gasteiger partial charge < -0.3 is 20.1 Å². The van der Waals surface area contributed by atoms with E-state index in [2.05, 4.69) is 29.0 Å². The number of phenols is 1. The highest BCUT2D eigenvalue weighted by Crippen LogP contribution is 2.32. The van der Waals surface area contributed by atoms with Gasteiger partial charge in [-0.2, -0.15) is 0 Å². The number of H-pyrrole nitrogens is 1. The highest BCUT2D eigenvalue weighted by atomic mass is 32.2. The van der Waals surface area contributed by atoms with Crippen LogP contribution in [0.25, 0.3) is 21.8 Å². The molecule has 0 bridgehead atoms. The van der Waals surface area contributed by atoms with Crippen LogP contribution in [0.4, 0.5) is 0 Å². The van der Waals surface area contributed by atoms with Crippen LogP contribution >= 0.6 is 11.8 Å². The zero-order valence-electron chi connectivity index (χ0n) is 15.3. The number of thioether (sulfide) groups is 1. The van der Waals surface area contributed by atoms with E-state index in [0.29, 0.717) is 12.1 Å². The molecule has 1 atom stereocenters. The number of aromatic amines is 1. The molecule has 3 heterocycles. The van der Waals surface area contributed by atoms with E-state index in [1.807, 2.05) is 6.26 Å². The lowest BCUT2D eigenvalue weighted by Gasteiger charge is -2.11. The number of pyridine rings is 1. The van der Waals surface area contributed by atoms with Crippen molar-refractivity contribution in [2.75, 3.05) is 27.0 Å². The Balaban J connectivity index is 1.95. The molecule has 3 aromatic rings. The number of quaternary nitrogens is 1. The Morgan fingerprint density at radius 3 is 2.85 bits per heavy atom. The van der Waals surface area contributed by atoms with Crippen molar-refractivity contribution in [2.24, 2.45) is 0 Å². The molecule has 0 saturated heterocycles. The molecular formula is C19H21N4O3S+. The first-order valence-electron chi connectivity index (χ1n) is 8.57. The Labute approximate surface area is 160 Å². The van der Waals surface area contributed by atoms with E-state index in [1.54, 1.807) is 36.0 Å². The molecule has 140 valence electrons. The van der Waals surface area contributed by atoms with Crippen LogP contribution in [-0.2, 0) is 6.42 Å². The molecule has 2 aromatic heterocycles. The molecule has 1 aliphatic heterocycles. The van der Waals surface area contributed by atoms with Gasteiger partial charge in [-0.15, -0.1) is 11.8 Å². The van der Waals surface area contributed by atoms with E-state index in [1.165, 1.54) is 15.6 Å². The number of aromatic nitrogens is 2. The molecule has 4 rings (SSSR count). The number of hydrogen-bond acceptors (Lipinski definition) is 5. The first-order valence-corrected chi connectivity index (χ1v) is 9.80. The predicted octanol–water partition coefficient (Wildman–Crippen LogP) is 1.61. The van der Waals surface area contributed by atoms with Gasteiger partial charge in [0.25, 0.3) is 0 Å². The molecule has 1 unspecified atom stereocenters. The van der Waals surface area contributed by atoms with Crippen molar-refractivity contribution in [3.8, 4) is 5.75 Å². The van der Waals surface area contributed by atoms with Gasteiger partial charge in [0.2, 0.25) is 0 Å². The zero-order valence-corrected chi connectivity index (χ0v) is 16.1. The largest absolute Gasteiger partial charge is 0.508 e. The van der Waals surface area contributed by atoms with E-state index >= 15 is 0 Å². The van der Waals surface area contributed by atoms with Crippen molar-refractivity contribution < 1.29 is 19.9 Å². The average molecular weight is 385 g/mol. The molecule has 1 aromatic carbocycles. The van der Waals surface area contributed by atoms with Crippen molar-refractivity contribution in [1.29, 1.82) is 0 Å². The summed E-state index contributed by atoms with van der Waals surface area (Å²) in [6.07, 6.45) is 2.61. The first kappa shape index (κ1) is 17.7. The Kier molecular flexibility index (Phi) is 4.24. The molecule has 7 nitrogen and oxygen atoms in total. The summed E-state index contributed by atoms with van der Waals surface area (Å²) in [6, 6.07) is 6.63. The first-order chi connectivity index (χ1) is 12.9. The Morgan fingerprint density at radius 2 is 2.15 bits per heavy atom. The second-order valence-corrected chi connectivity index (χ2v) is 7.63. The van der Waals surface area contributed by atoms with E-state index < -0.39 is 5.97 Å². The van der Waals surface area contributed by atoms with Gasteiger partial charge in [0.15, 0.2) is 6.67 Å². The lowest BCUT2D eigenvalue weighted by molar-refractivity contribution is -0.841. The number of fused-ring (bicyclic) bond motifs is 3. The Hall–Kier alpha value is -2.71. The number of aromatic hydroxyl groups is 1. The standard InChI is InChI=1S/C19H20N4O3S/c1-22-9-23(2)18(27-3)16(22)8-14-17-12(7-15(20-14)19(25)26)11-6-10(24)4-5-13(11)21-17/h4-7,21,24H,8-9H2,1-3H3,(H,25,26)/p+1.